The Balaban J connectivity index is 2.38. The number of nitrogens with zero attached hydrogens (tertiary/aromatic N) is 5. The smallest absolute Gasteiger partial charge is 0.332 e. The molecule has 0 N–H and O–H groups in total. The van der Waals surface area contributed by atoms with Gasteiger partial charge in [-0.2, -0.15) is 0 Å². The molecule has 1 aliphatic rings. The van der Waals surface area contributed by atoms with Crippen molar-refractivity contribution >= 4 is 0 Å². The Morgan fingerprint density at radius 1 is 1.57 bits per heavy atom. The van der Waals surface area contributed by atoms with E-state index < -0.39 is 24.1 Å². The lowest BCUT2D eigenvalue weighted by Crippen LogP contribution is -2.40. The standard InChI is InChI=1S/C12H17N5O4/c1-7-5-17(12(19)16(2)11(7)18)10-4-8(14-15-13)9(21-10)6-20-3/h5,8-10H,4,6H2,1-3H3/t8?,9-,10-/m1/s1. The molecule has 2 rings (SSSR count). The van der Waals surface area contributed by atoms with Crippen molar-refractivity contribution < 1.29 is 9.47 Å². The highest BCUT2D eigenvalue weighted by atomic mass is 16.5. The summed E-state index contributed by atoms with van der Waals surface area (Å²) in [5.74, 6) is 0. The molecule has 9 heteroatoms. The van der Waals surface area contributed by atoms with Gasteiger partial charge in [0.15, 0.2) is 0 Å². The van der Waals surface area contributed by atoms with Crippen LogP contribution in [0.25, 0.3) is 10.4 Å². The molecule has 1 unspecified atom stereocenters. The molecule has 0 amide bonds. The van der Waals surface area contributed by atoms with E-state index in [9.17, 15) is 9.59 Å². The summed E-state index contributed by atoms with van der Waals surface area (Å²) in [6.45, 7) is 1.89. The van der Waals surface area contributed by atoms with Gasteiger partial charge in [-0.05, 0) is 12.5 Å². The van der Waals surface area contributed by atoms with Crippen molar-refractivity contribution in [2.24, 2.45) is 12.2 Å². The molecule has 0 radical (unpaired) electrons. The van der Waals surface area contributed by atoms with Crippen molar-refractivity contribution in [3.63, 3.8) is 0 Å². The van der Waals surface area contributed by atoms with Crippen LogP contribution in [0.1, 0.15) is 18.2 Å². The number of hydrogen-bond acceptors (Lipinski definition) is 5. The van der Waals surface area contributed by atoms with Gasteiger partial charge < -0.3 is 9.47 Å². The Morgan fingerprint density at radius 3 is 2.90 bits per heavy atom. The van der Waals surface area contributed by atoms with Gasteiger partial charge >= 0.3 is 5.69 Å². The monoisotopic (exact) mass is 295 g/mol. The fraction of sp³-hybridized carbons (Fsp3) is 0.667. The third-order valence-corrected chi connectivity index (χ3v) is 3.53. The lowest BCUT2D eigenvalue weighted by molar-refractivity contribution is -0.0365. The molecule has 114 valence electrons. The van der Waals surface area contributed by atoms with E-state index in [2.05, 4.69) is 10.0 Å². The summed E-state index contributed by atoms with van der Waals surface area (Å²) in [6.07, 6.45) is 0.826. The lowest BCUT2D eigenvalue weighted by atomic mass is 10.1. The van der Waals surface area contributed by atoms with Crippen molar-refractivity contribution in [3.8, 4) is 0 Å². The molecule has 0 aromatic carbocycles. The highest BCUT2D eigenvalue weighted by molar-refractivity contribution is 5.03. The largest absolute Gasteiger partial charge is 0.382 e. The number of ether oxygens (including phenoxy) is 2. The van der Waals surface area contributed by atoms with Gasteiger partial charge in [-0.1, -0.05) is 5.11 Å². The van der Waals surface area contributed by atoms with E-state index in [0.717, 1.165) is 4.57 Å². The maximum Gasteiger partial charge on any atom is 0.332 e. The molecule has 1 fully saturated rings. The van der Waals surface area contributed by atoms with Crippen molar-refractivity contribution in [2.45, 2.75) is 31.7 Å². The highest BCUT2D eigenvalue weighted by Gasteiger charge is 2.36. The van der Waals surface area contributed by atoms with Gasteiger partial charge in [0.25, 0.3) is 5.56 Å². The van der Waals surface area contributed by atoms with E-state index in [-0.39, 0.29) is 12.2 Å². The average molecular weight is 295 g/mol. The summed E-state index contributed by atoms with van der Waals surface area (Å²) in [5.41, 5.74) is 8.23. The molecule has 1 saturated heterocycles. The molecule has 0 bridgehead atoms. The second-order valence-corrected chi connectivity index (χ2v) is 4.96. The SMILES string of the molecule is COC[C@H]1O[C@@H](n2cc(C)c(=O)n(C)c2=O)CC1N=[N+]=[N-]. The first kappa shape index (κ1) is 15.3. The molecule has 3 atom stereocenters. The van der Waals surface area contributed by atoms with Crippen molar-refractivity contribution in [2.75, 3.05) is 13.7 Å². The number of aryl methyl sites for hydroxylation is 1. The minimum absolute atomic E-state index is 0.264. The Bertz CT molecular complexity index is 688. The Labute approximate surface area is 120 Å². The Hall–Kier alpha value is -2.09. The van der Waals surface area contributed by atoms with Crippen LogP contribution in [0.2, 0.25) is 0 Å². The molecule has 1 aromatic heterocycles. The van der Waals surface area contributed by atoms with Crippen LogP contribution in [0.15, 0.2) is 20.9 Å². The zero-order valence-corrected chi connectivity index (χ0v) is 12.1. The zero-order chi connectivity index (χ0) is 15.6. The van der Waals surface area contributed by atoms with E-state index in [1.54, 1.807) is 6.92 Å². The molecule has 1 aromatic rings. The molecule has 0 aliphatic carbocycles. The van der Waals surface area contributed by atoms with Crippen LogP contribution in [0.5, 0.6) is 0 Å². The highest BCUT2D eigenvalue weighted by Crippen LogP contribution is 2.30. The van der Waals surface area contributed by atoms with E-state index in [1.165, 1.54) is 24.9 Å². The third kappa shape index (κ3) is 2.85. The second-order valence-electron chi connectivity index (χ2n) is 4.96. The minimum Gasteiger partial charge on any atom is -0.382 e. The minimum atomic E-state index is -0.585. The Kier molecular flexibility index (Phi) is 4.46. The van der Waals surface area contributed by atoms with Gasteiger partial charge in [-0.25, -0.2) is 4.79 Å². The topological polar surface area (TPSA) is 111 Å². The van der Waals surface area contributed by atoms with Gasteiger partial charge in [-0.15, -0.1) is 0 Å². The summed E-state index contributed by atoms with van der Waals surface area (Å²) < 4.78 is 13.2. The number of aromatic nitrogens is 2. The van der Waals surface area contributed by atoms with Crippen molar-refractivity contribution in [3.05, 3.63) is 43.0 Å². The van der Waals surface area contributed by atoms with Gasteiger partial charge in [0.2, 0.25) is 0 Å². The third-order valence-electron chi connectivity index (χ3n) is 3.53. The summed E-state index contributed by atoms with van der Waals surface area (Å²) in [4.78, 5) is 26.7. The number of azide groups is 1. The molecule has 0 spiro atoms. The first-order chi connectivity index (χ1) is 9.99. The molecular weight excluding hydrogens is 278 g/mol. The molecule has 1 aliphatic heterocycles. The van der Waals surface area contributed by atoms with E-state index >= 15 is 0 Å². The average Bonchev–Trinajstić information content (AvgIpc) is 2.84. The van der Waals surface area contributed by atoms with Crippen LogP contribution in [0.4, 0.5) is 0 Å². The van der Waals surface area contributed by atoms with E-state index in [4.69, 9.17) is 15.0 Å². The lowest BCUT2D eigenvalue weighted by Gasteiger charge is -2.17. The first-order valence-electron chi connectivity index (χ1n) is 6.47. The van der Waals surface area contributed by atoms with Gasteiger partial charge in [-0.3, -0.25) is 13.9 Å². The van der Waals surface area contributed by atoms with Crippen molar-refractivity contribution in [1.82, 2.24) is 9.13 Å². The van der Waals surface area contributed by atoms with Crippen LogP contribution >= 0.6 is 0 Å². The molecule has 9 nitrogen and oxygen atoms in total. The van der Waals surface area contributed by atoms with E-state index in [1.807, 2.05) is 0 Å². The van der Waals surface area contributed by atoms with Gasteiger partial charge in [0.1, 0.15) is 6.23 Å². The number of rotatable bonds is 4. The van der Waals surface area contributed by atoms with E-state index in [0.29, 0.717) is 12.0 Å². The van der Waals surface area contributed by atoms with Crippen LogP contribution < -0.4 is 11.2 Å². The molecular formula is C12H17N5O4. The predicted octanol–water partition coefficient (Wildman–Crippen LogP) is 0.468. The first-order valence-corrected chi connectivity index (χ1v) is 6.47. The van der Waals surface area contributed by atoms with Crippen LogP contribution in [-0.2, 0) is 16.5 Å². The molecule has 2 heterocycles. The number of methoxy groups -OCH3 is 1. The maximum atomic E-state index is 12.2. The summed E-state index contributed by atoms with van der Waals surface area (Å²) in [7, 11) is 2.94. The van der Waals surface area contributed by atoms with Gasteiger partial charge in [0.05, 0.1) is 18.8 Å². The maximum absolute atomic E-state index is 12.2. The zero-order valence-electron chi connectivity index (χ0n) is 12.1. The number of hydrogen-bond donors (Lipinski definition) is 0. The Morgan fingerprint density at radius 2 is 2.29 bits per heavy atom. The van der Waals surface area contributed by atoms with Crippen molar-refractivity contribution in [1.29, 1.82) is 0 Å². The van der Waals surface area contributed by atoms with Crippen LogP contribution in [-0.4, -0.2) is 35.0 Å². The van der Waals surface area contributed by atoms with Crippen LogP contribution in [0, 0.1) is 6.92 Å². The fourth-order valence-corrected chi connectivity index (χ4v) is 2.44. The predicted molar refractivity (Wildman–Crippen MR) is 74.0 cm³/mol. The molecule has 0 saturated carbocycles. The van der Waals surface area contributed by atoms with Crippen LogP contribution in [0.3, 0.4) is 0 Å². The quantitative estimate of drug-likeness (QED) is 0.456. The fourth-order valence-electron chi connectivity index (χ4n) is 2.44. The summed E-state index contributed by atoms with van der Waals surface area (Å²) >= 11 is 0. The molecule has 21 heavy (non-hydrogen) atoms. The van der Waals surface area contributed by atoms with Gasteiger partial charge in [0, 0.05) is 37.3 Å². The summed E-state index contributed by atoms with van der Waals surface area (Å²) in [6, 6.07) is -0.413. The second kappa shape index (κ2) is 6.13. The normalized spacial score (nSPS) is 24.8. The summed E-state index contributed by atoms with van der Waals surface area (Å²) in [5, 5.41) is 3.68.